The predicted octanol–water partition coefficient (Wildman–Crippen LogP) is 6.12. The highest BCUT2D eigenvalue weighted by Crippen LogP contribution is 2.39. The number of anilines is 1. The number of aryl methyl sites for hydroxylation is 1. The van der Waals surface area contributed by atoms with Crippen LogP contribution in [0.3, 0.4) is 0 Å². The summed E-state index contributed by atoms with van der Waals surface area (Å²) < 4.78 is 12.6. The lowest BCUT2D eigenvalue weighted by molar-refractivity contribution is -0.112. The summed E-state index contributed by atoms with van der Waals surface area (Å²) in [7, 11) is 0. The zero-order valence-electron chi connectivity index (χ0n) is 18.0. The van der Waals surface area contributed by atoms with Crippen molar-refractivity contribution in [1.82, 2.24) is 0 Å². The zero-order chi connectivity index (χ0) is 24.0. The number of benzene rings is 1. The molecule has 1 heterocycles. The first kappa shape index (κ1) is 25.7. The van der Waals surface area contributed by atoms with Crippen molar-refractivity contribution in [3.63, 3.8) is 0 Å². The SMILES string of the molecule is C=CCOc1c(I)cc(C=C(C#N)C(=O)Nc2sc3c(c2C(=O)OCC)CCCC3)cc1I. The first-order chi connectivity index (χ1) is 15.9. The second-order valence-electron chi connectivity index (χ2n) is 7.17. The smallest absolute Gasteiger partial charge is 0.341 e. The second-order valence-corrected chi connectivity index (χ2v) is 10.6. The van der Waals surface area contributed by atoms with Crippen LogP contribution in [-0.2, 0) is 22.4 Å². The molecule has 33 heavy (non-hydrogen) atoms. The highest BCUT2D eigenvalue weighted by Gasteiger charge is 2.27. The van der Waals surface area contributed by atoms with E-state index in [9.17, 15) is 14.9 Å². The molecule has 9 heteroatoms. The van der Waals surface area contributed by atoms with Crippen LogP contribution < -0.4 is 10.1 Å². The van der Waals surface area contributed by atoms with E-state index in [-0.39, 0.29) is 12.2 Å². The molecule has 0 spiro atoms. The van der Waals surface area contributed by atoms with Crippen molar-refractivity contribution in [1.29, 1.82) is 5.26 Å². The minimum Gasteiger partial charge on any atom is -0.487 e. The number of nitriles is 1. The fraction of sp³-hybridized carbons (Fsp3) is 0.292. The molecular weight excluding hydrogens is 666 g/mol. The third kappa shape index (κ3) is 6.16. The minimum atomic E-state index is -0.557. The van der Waals surface area contributed by atoms with Gasteiger partial charge in [0.25, 0.3) is 5.91 Å². The number of esters is 1. The van der Waals surface area contributed by atoms with E-state index in [0.29, 0.717) is 22.7 Å². The van der Waals surface area contributed by atoms with Crippen molar-refractivity contribution in [2.45, 2.75) is 32.6 Å². The molecule has 1 amide bonds. The van der Waals surface area contributed by atoms with E-state index in [0.717, 1.165) is 49.0 Å². The molecule has 0 radical (unpaired) electrons. The Labute approximate surface area is 224 Å². The average Bonchev–Trinajstić information content (AvgIpc) is 3.14. The quantitative estimate of drug-likeness (QED) is 0.119. The number of carbonyl (C=O) groups is 2. The lowest BCUT2D eigenvalue weighted by Crippen LogP contribution is -2.16. The summed E-state index contributed by atoms with van der Waals surface area (Å²) in [6.45, 7) is 6.05. The van der Waals surface area contributed by atoms with Gasteiger partial charge in [0.1, 0.15) is 29.0 Å². The first-order valence-electron chi connectivity index (χ1n) is 10.4. The van der Waals surface area contributed by atoms with Crippen molar-refractivity contribution in [3.8, 4) is 11.8 Å². The van der Waals surface area contributed by atoms with Gasteiger partial charge in [-0.25, -0.2) is 4.79 Å². The number of ether oxygens (including phenoxy) is 2. The second kappa shape index (κ2) is 12.0. The molecule has 1 aromatic heterocycles. The number of hydrogen-bond acceptors (Lipinski definition) is 6. The molecule has 6 nitrogen and oxygen atoms in total. The molecule has 2 aromatic rings. The molecule has 1 aliphatic carbocycles. The Bertz CT molecular complexity index is 1140. The molecule has 0 saturated carbocycles. The molecule has 0 saturated heterocycles. The standard InChI is InChI=1S/C24H22I2N2O4S/c1-3-9-32-21-17(25)11-14(12-18(21)26)10-15(13-27)22(29)28-23-20(24(30)31-4-2)16-7-5-6-8-19(16)33-23/h3,10-12H,1,4-9H2,2H3,(H,28,29). The number of fused-ring (bicyclic) bond motifs is 1. The number of halogens is 2. The van der Waals surface area contributed by atoms with Crippen LogP contribution >= 0.6 is 56.5 Å². The molecule has 3 rings (SSSR count). The summed E-state index contributed by atoms with van der Waals surface area (Å²) in [6, 6.07) is 5.68. The Morgan fingerprint density at radius 3 is 2.61 bits per heavy atom. The van der Waals surface area contributed by atoms with E-state index in [1.807, 2.05) is 18.2 Å². The third-order valence-electron chi connectivity index (χ3n) is 4.92. The van der Waals surface area contributed by atoms with Crippen molar-refractivity contribution >= 4 is 79.5 Å². The largest absolute Gasteiger partial charge is 0.487 e. The Balaban J connectivity index is 1.90. The van der Waals surface area contributed by atoms with Crippen LogP contribution in [-0.4, -0.2) is 25.1 Å². The van der Waals surface area contributed by atoms with Crippen LogP contribution in [0.5, 0.6) is 5.75 Å². The van der Waals surface area contributed by atoms with Gasteiger partial charge < -0.3 is 14.8 Å². The Morgan fingerprint density at radius 2 is 1.97 bits per heavy atom. The molecule has 172 valence electrons. The van der Waals surface area contributed by atoms with Gasteiger partial charge in [-0.2, -0.15) is 5.26 Å². The summed E-state index contributed by atoms with van der Waals surface area (Å²) in [6.07, 6.45) is 6.92. The van der Waals surface area contributed by atoms with Crippen LogP contribution in [0.25, 0.3) is 6.08 Å². The van der Waals surface area contributed by atoms with E-state index < -0.39 is 11.9 Å². The van der Waals surface area contributed by atoms with Gasteiger partial charge in [-0.05, 0) is 107 Å². The average molecular weight is 688 g/mol. The molecule has 1 N–H and O–H groups in total. The fourth-order valence-corrected chi connectivity index (χ4v) is 6.90. The Kier molecular flexibility index (Phi) is 9.34. The van der Waals surface area contributed by atoms with Crippen molar-refractivity contribution < 1.29 is 19.1 Å². The molecule has 0 bridgehead atoms. The van der Waals surface area contributed by atoms with Gasteiger partial charge >= 0.3 is 5.97 Å². The number of nitrogens with one attached hydrogen (secondary N) is 1. The lowest BCUT2D eigenvalue weighted by Gasteiger charge is -2.12. The van der Waals surface area contributed by atoms with Gasteiger partial charge in [0.15, 0.2) is 0 Å². The number of amides is 1. The molecule has 0 aliphatic heterocycles. The van der Waals surface area contributed by atoms with Gasteiger partial charge in [-0.3, -0.25) is 4.79 Å². The minimum absolute atomic E-state index is 0.0532. The molecule has 1 aromatic carbocycles. The van der Waals surface area contributed by atoms with Crippen LogP contribution in [0, 0.1) is 18.5 Å². The zero-order valence-corrected chi connectivity index (χ0v) is 23.1. The number of thiophene rings is 1. The summed E-state index contributed by atoms with van der Waals surface area (Å²) >= 11 is 5.72. The summed E-state index contributed by atoms with van der Waals surface area (Å²) in [5.41, 5.74) is 2.04. The molecule has 0 atom stereocenters. The molecule has 1 aliphatic rings. The highest BCUT2D eigenvalue weighted by atomic mass is 127. The normalized spacial score (nSPS) is 13.0. The number of carbonyl (C=O) groups excluding carboxylic acids is 2. The lowest BCUT2D eigenvalue weighted by atomic mass is 9.95. The van der Waals surface area contributed by atoms with Gasteiger partial charge in [-0.15, -0.1) is 11.3 Å². The third-order valence-corrected chi connectivity index (χ3v) is 7.73. The summed E-state index contributed by atoms with van der Waals surface area (Å²) in [5.74, 6) is -0.257. The highest BCUT2D eigenvalue weighted by molar-refractivity contribution is 14.1. The maximum atomic E-state index is 13.0. The van der Waals surface area contributed by atoms with Crippen molar-refractivity contribution in [2.75, 3.05) is 18.5 Å². The molecular formula is C24H22I2N2O4S. The molecule has 0 fully saturated rings. The van der Waals surface area contributed by atoms with Gasteiger partial charge in [0.2, 0.25) is 0 Å². The van der Waals surface area contributed by atoms with E-state index >= 15 is 0 Å². The van der Waals surface area contributed by atoms with E-state index in [4.69, 9.17) is 9.47 Å². The predicted molar refractivity (Wildman–Crippen MR) is 147 cm³/mol. The first-order valence-corrected chi connectivity index (χ1v) is 13.3. The summed E-state index contributed by atoms with van der Waals surface area (Å²) in [4.78, 5) is 26.7. The molecule has 0 unspecified atom stereocenters. The maximum Gasteiger partial charge on any atom is 0.341 e. The van der Waals surface area contributed by atoms with Gasteiger partial charge in [-0.1, -0.05) is 12.7 Å². The van der Waals surface area contributed by atoms with Crippen LogP contribution in [0.15, 0.2) is 30.4 Å². The van der Waals surface area contributed by atoms with Crippen molar-refractivity contribution in [2.24, 2.45) is 0 Å². The fourth-order valence-electron chi connectivity index (χ4n) is 3.50. The van der Waals surface area contributed by atoms with E-state index in [1.54, 1.807) is 13.0 Å². The number of hydrogen-bond donors (Lipinski definition) is 1. The monoisotopic (exact) mass is 688 g/mol. The van der Waals surface area contributed by atoms with Crippen molar-refractivity contribution in [3.05, 3.63) is 59.1 Å². The van der Waals surface area contributed by atoms with E-state index in [2.05, 4.69) is 57.1 Å². The maximum absolute atomic E-state index is 13.0. The van der Waals surface area contributed by atoms with Crippen LogP contribution in [0.1, 0.15) is 46.1 Å². The number of rotatable bonds is 8. The van der Waals surface area contributed by atoms with Crippen LogP contribution in [0.4, 0.5) is 5.00 Å². The topological polar surface area (TPSA) is 88.4 Å². The number of nitrogens with zero attached hydrogens (tertiary/aromatic N) is 1. The summed E-state index contributed by atoms with van der Waals surface area (Å²) in [5, 5.41) is 12.9. The van der Waals surface area contributed by atoms with Gasteiger partial charge in [0, 0.05) is 4.88 Å². The Hall–Kier alpha value is -1.91. The van der Waals surface area contributed by atoms with Crippen LogP contribution in [0.2, 0.25) is 0 Å². The van der Waals surface area contributed by atoms with Gasteiger partial charge in [0.05, 0.1) is 19.3 Å². The van der Waals surface area contributed by atoms with E-state index in [1.165, 1.54) is 17.4 Å². The Morgan fingerprint density at radius 1 is 1.27 bits per heavy atom.